The molecule has 2 aromatic heterocycles. The van der Waals surface area contributed by atoms with Crippen molar-refractivity contribution in [1.82, 2.24) is 9.88 Å². The van der Waals surface area contributed by atoms with E-state index < -0.39 is 5.54 Å². The van der Waals surface area contributed by atoms with Crippen LogP contribution in [-0.4, -0.2) is 28.0 Å². The van der Waals surface area contributed by atoms with Crippen molar-refractivity contribution in [2.24, 2.45) is 0 Å². The SMILES string of the molecule is Cc1c(Cl)cccc1N1C(=O)c2cc3sccc3n2CC1(C)C(=O)NC1CCCCCCC1. The first-order chi connectivity index (χ1) is 15.9. The number of halogens is 1. The average Bonchev–Trinajstić information content (AvgIpc) is 3.35. The number of anilines is 1. The van der Waals surface area contributed by atoms with Crippen LogP contribution in [0.15, 0.2) is 35.7 Å². The van der Waals surface area contributed by atoms with Crippen molar-refractivity contribution >= 4 is 50.7 Å². The highest BCUT2D eigenvalue weighted by molar-refractivity contribution is 7.17. The third-order valence-electron chi connectivity index (χ3n) is 7.31. The second-order valence-electron chi connectivity index (χ2n) is 9.60. The van der Waals surface area contributed by atoms with Crippen molar-refractivity contribution in [1.29, 1.82) is 0 Å². The first-order valence-electron chi connectivity index (χ1n) is 11.9. The second kappa shape index (κ2) is 8.80. The predicted molar refractivity (Wildman–Crippen MR) is 135 cm³/mol. The number of hydrogen-bond donors (Lipinski definition) is 1. The molecule has 5 nitrogen and oxygen atoms in total. The van der Waals surface area contributed by atoms with Crippen LogP contribution in [0.25, 0.3) is 10.2 Å². The van der Waals surface area contributed by atoms with E-state index in [4.69, 9.17) is 11.6 Å². The molecular formula is C26H30ClN3O2S. The third kappa shape index (κ3) is 3.87. The van der Waals surface area contributed by atoms with Gasteiger partial charge in [-0.1, -0.05) is 49.8 Å². The number of nitrogens with zero attached hydrogens (tertiary/aromatic N) is 2. The monoisotopic (exact) mass is 483 g/mol. The Morgan fingerprint density at radius 3 is 2.64 bits per heavy atom. The largest absolute Gasteiger partial charge is 0.351 e. The van der Waals surface area contributed by atoms with Gasteiger partial charge in [0.25, 0.3) is 5.91 Å². The second-order valence-corrected chi connectivity index (χ2v) is 11.0. The molecule has 0 bridgehead atoms. The zero-order chi connectivity index (χ0) is 23.2. The lowest BCUT2D eigenvalue weighted by molar-refractivity contribution is -0.127. The van der Waals surface area contributed by atoms with E-state index in [1.54, 1.807) is 16.2 Å². The van der Waals surface area contributed by atoms with E-state index in [0.29, 0.717) is 22.9 Å². The van der Waals surface area contributed by atoms with E-state index in [0.717, 1.165) is 41.5 Å². The van der Waals surface area contributed by atoms with Crippen LogP contribution < -0.4 is 10.2 Å². The summed E-state index contributed by atoms with van der Waals surface area (Å²) in [6.07, 6.45) is 7.98. The Hall–Kier alpha value is -2.31. The lowest BCUT2D eigenvalue weighted by atomic mass is 9.91. The van der Waals surface area contributed by atoms with Gasteiger partial charge in [0.2, 0.25) is 5.91 Å². The van der Waals surface area contributed by atoms with Gasteiger partial charge in [-0.3, -0.25) is 14.5 Å². The number of fused-ring (bicyclic) bond motifs is 3. The lowest BCUT2D eigenvalue weighted by Gasteiger charge is -2.45. The van der Waals surface area contributed by atoms with Crippen LogP contribution in [0.3, 0.4) is 0 Å². The van der Waals surface area contributed by atoms with Crippen LogP contribution in [0, 0.1) is 6.92 Å². The normalized spacial score (nSPS) is 22.2. The number of rotatable bonds is 3. The van der Waals surface area contributed by atoms with Crippen molar-refractivity contribution in [2.45, 2.75) is 76.9 Å². The van der Waals surface area contributed by atoms with Crippen molar-refractivity contribution in [3.63, 3.8) is 0 Å². The molecule has 1 unspecified atom stereocenters. The molecule has 3 heterocycles. The summed E-state index contributed by atoms with van der Waals surface area (Å²) in [5.74, 6) is -0.256. The van der Waals surface area contributed by atoms with E-state index in [1.165, 1.54) is 19.3 Å². The van der Waals surface area contributed by atoms with E-state index in [2.05, 4.69) is 5.32 Å². The number of carbonyl (C=O) groups is 2. The fourth-order valence-electron chi connectivity index (χ4n) is 5.37. The smallest absolute Gasteiger partial charge is 0.275 e. The van der Waals surface area contributed by atoms with Gasteiger partial charge in [0.05, 0.1) is 16.8 Å². The minimum Gasteiger partial charge on any atom is -0.351 e. The molecule has 2 aliphatic rings. The number of amides is 2. The Bertz CT molecular complexity index is 1210. The van der Waals surface area contributed by atoms with Crippen LogP contribution >= 0.6 is 22.9 Å². The van der Waals surface area contributed by atoms with Crippen LogP contribution in [-0.2, 0) is 11.3 Å². The first kappa shape index (κ1) is 22.5. The molecule has 0 spiro atoms. The fraction of sp³-hybridized carbons (Fsp3) is 0.462. The highest BCUT2D eigenvalue weighted by atomic mass is 35.5. The van der Waals surface area contributed by atoms with Gasteiger partial charge >= 0.3 is 0 Å². The molecule has 33 heavy (non-hydrogen) atoms. The molecular weight excluding hydrogens is 454 g/mol. The summed E-state index contributed by atoms with van der Waals surface area (Å²) in [5.41, 5.74) is 2.05. The summed E-state index contributed by atoms with van der Waals surface area (Å²) in [7, 11) is 0. The topological polar surface area (TPSA) is 54.3 Å². The van der Waals surface area contributed by atoms with Gasteiger partial charge in [0.15, 0.2) is 0 Å². The Labute approximate surface area is 203 Å². The van der Waals surface area contributed by atoms with Gasteiger partial charge in [-0.15, -0.1) is 11.3 Å². The Morgan fingerprint density at radius 1 is 1.15 bits per heavy atom. The molecule has 0 saturated heterocycles. The number of carbonyl (C=O) groups excluding carboxylic acids is 2. The number of hydrogen-bond acceptors (Lipinski definition) is 3. The molecule has 3 aromatic rings. The van der Waals surface area contributed by atoms with Crippen molar-refractivity contribution in [3.05, 3.63) is 52.0 Å². The molecule has 1 atom stereocenters. The van der Waals surface area contributed by atoms with Gasteiger partial charge in [-0.25, -0.2) is 0 Å². The van der Waals surface area contributed by atoms with Gasteiger partial charge in [-0.05, 0) is 61.9 Å². The lowest BCUT2D eigenvalue weighted by Crippen LogP contribution is -2.65. The molecule has 1 saturated carbocycles. The molecule has 7 heteroatoms. The van der Waals surface area contributed by atoms with Gasteiger partial charge in [0, 0.05) is 16.8 Å². The van der Waals surface area contributed by atoms with Crippen molar-refractivity contribution < 1.29 is 9.59 Å². The highest BCUT2D eigenvalue weighted by Gasteiger charge is 2.49. The van der Waals surface area contributed by atoms with Gasteiger partial charge < -0.3 is 9.88 Å². The molecule has 0 radical (unpaired) electrons. The summed E-state index contributed by atoms with van der Waals surface area (Å²) < 4.78 is 3.08. The van der Waals surface area contributed by atoms with Crippen LogP contribution in [0.1, 0.15) is 67.9 Å². The predicted octanol–water partition coefficient (Wildman–Crippen LogP) is 6.31. The Balaban J connectivity index is 1.58. The summed E-state index contributed by atoms with van der Waals surface area (Å²) in [4.78, 5) is 29.6. The molecule has 1 aliphatic carbocycles. The van der Waals surface area contributed by atoms with Crippen LogP contribution in [0.4, 0.5) is 5.69 Å². The summed E-state index contributed by atoms with van der Waals surface area (Å²) in [6.45, 7) is 4.20. The maximum absolute atomic E-state index is 14.0. The number of benzene rings is 1. The van der Waals surface area contributed by atoms with E-state index >= 15 is 0 Å². The van der Waals surface area contributed by atoms with Crippen molar-refractivity contribution in [2.75, 3.05) is 4.90 Å². The highest BCUT2D eigenvalue weighted by Crippen LogP contribution is 2.39. The van der Waals surface area contributed by atoms with Crippen molar-refractivity contribution in [3.8, 4) is 0 Å². The summed E-state index contributed by atoms with van der Waals surface area (Å²) in [5, 5.41) is 5.96. The fourth-order valence-corrected chi connectivity index (χ4v) is 6.36. The molecule has 5 rings (SSSR count). The number of aromatic nitrogens is 1. The number of thiophene rings is 1. The summed E-state index contributed by atoms with van der Waals surface area (Å²) in [6, 6.07) is 9.68. The van der Waals surface area contributed by atoms with Crippen LogP contribution in [0.2, 0.25) is 5.02 Å². The Morgan fingerprint density at radius 2 is 1.88 bits per heavy atom. The zero-order valence-corrected chi connectivity index (χ0v) is 20.8. The molecule has 1 aromatic carbocycles. The number of nitrogens with one attached hydrogen (secondary N) is 1. The van der Waals surface area contributed by atoms with E-state index in [1.807, 2.05) is 54.1 Å². The molecule has 1 aliphatic heterocycles. The first-order valence-corrected chi connectivity index (χ1v) is 13.1. The quantitative estimate of drug-likeness (QED) is 0.474. The molecule has 174 valence electrons. The minimum absolute atomic E-state index is 0.0940. The van der Waals surface area contributed by atoms with Crippen LogP contribution in [0.5, 0.6) is 0 Å². The average molecular weight is 484 g/mol. The maximum atomic E-state index is 14.0. The molecule has 2 amide bonds. The third-order valence-corrected chi connectivity index (χ3v) is 8.58. The van der Waals surface area contributed by atoms with E-state index in [9.17, 15) is 9.59 Å². The molecule has 1 fully saturated rings. The minimum atomic E-state index is -1.07. The van der Waals surface area contributed by atoms with Gasteiger partial charge in [-0.2, -0.15) is 0 Å². The van der Waals surface area contributed by atoms with Gasteiger partial charge in [0.1, 0.15) is 11.2 Å². The Kier molecular flexibility index (Phi) is 6.00. The summed E-state index contributed by atoms with van der Waals surface area (Å²) >= 11 is 8.06. The van der Waals surface area contributed by atoms with E-state index in [-0.39, 0.29) is 17.9 Å². The zero-order valence-electron chi connectivity index (χ0n) is 19.2. The molecule has 1 N–H and O–H groups in total. The standard InChI is InChI=1S/C26H30ClN3O2S/c1-17-19(27)11-8-12-20(17)30-24(31)22-15-23-21(13-14-33-23)29(22)16-26(30,2)25(32)28-18-9-6-4-3-5-7-10-18/h8,11-15,18H,3-7,9-10,16H2,1-2H3,(H,28,32). The maximum Gasteiger partial charge on any atom is 0.275 e.